The minimum Gasteiger partial charge on any atom is -0.423 e. The summed E-state index contributed by atoms with van der Waals surface area (Å²) in [4.78, 5) is 39.5. The Morgan fingerprint density at radius 3 is 2.48 bits per heavy atom. The number of rotatable bonds is 3. The number of imide groups is 1. The van der Waals surface area contributed by atoms with E-state index in [1.54, 1.807) is 13.0 Å². The van der Waals surface area contributed by atoms with Gasteiger partial charge < -0.3 is 9.73 Å². The molecule has 31 heavy (non-hydrogen) atoms. The van der Waals surface area contributed by atoms with E-state index in [0.29, 0.717) is 16.7 Å². The number of aryl methyl sites for hydroxylation is 1. The van der Waals surface area contributed by atoms with Gasteiger partial charge in [0.15, 0.2) is 0 Å². The molecule has 1 N–H and O–H groups in total. The molecule has 1 aliphatic heterocycles. The average Bonchev–Trinajstić information content (AvgIpc) is 2.97. The number of carbonyl (C=O) groups is 2. The Morgan fingerprint density at radius 1 is 0.968 bits per heavy atom. The molecular formula is C25H20N2O4. The summed E-state index contributed by atoms with van der Waals surface area (Å²) in [5.41, 5.74) is 1.08. The van der Waals surface area contributed by atoms with Crippen LogP contribution >= 0.6 is 0 Å². The van der Waals surface area contributed by atoms with Crippen LogP contribution in [0.1, 0.15) is 23.6 Å². The van der Waals surface area contributed by atoms with Gasteiger partial charge in [-0.3, -0.25) is 9.69 Å². The highest BCUT2D eigenvalue weighted by atomic mass is 16.4. The number of urea groups is 1. The largest absolute Gasteiger partial charge is 0.423 e. The Bertz CT molecular complexity index is 1420. The molecule has 3 amide bonds. The third-order valence-electron chi connectivity index (χ3n) is 5.95. The number of carbonyl (C=O) groups excluding carboxylic acids is 2. The zero-order valence-corrected chi connectivity index (χ0v) is 17.1. The first-order valence-electron chi connectivity index (χ1n) is 10.0. The monoisotopic (exact) mass is 412 g/mol. The molecule has 0 radical (unpaired) electrons. The Labute approximate surface area is 178 Å². The second kappa shape index (κ2) is 6.80. The molecule has 0 unspecified atom stereocenters. The SMILES string of the molecule is Cc1ccc([C@@]2(C)NC(=O)N(Cc3cc(=O)oc4ccc5ccccc5c34)C2=O)cc1. The maximum Gasteiger partial charge on any atom is 0.336 e. The van der Waals surface area contributed by atoms with Crippen LogP contribution in [0.5, 0.6) is 0 Å². The van der Waals surface area contributed by atoms with Crippen LogP contribution in [0.15, 0.2) is 75.9 Å². The van der Waals surface area contributed by atoms with Crippen molar-refractivity contribution in [3.05, 3.63) is 93.8 Å². The van der Waals surface area contributed by atoms with Crippen molar-refractivity contribution in [3.8, 4) is 0 Å². The zero-order valence-electron chi connectivity index (χ0n) is 17.1. The fourth-order valence-corrected chi connectivity index (χ4v) is 4.24. The molecule has 1 aliphatic rings. The Balaban J connectivity index is 1.61. The standard InChI is InChI=1S/C25H20N2O4/c1-15-7-10-18(11-8-15)25(2)23(29)27(24(30)26-25)14-17-13-21(28)31-20-12-9-16-5-3-4-6-19(16)22(17)20/h3-13H,14H2,1-2H3,(H,26,30)/t25-/m1/s1. The molecular weight excluding hydrogens is 392 g/mol. The third kappa shape index (κ3) is 2.99. The Morgan fingerprint density at radius 2 is 1.71 bits per heavy atom. The van der Waals surface area contributed by atoms with Gasteiger partial charge in [-0.25, -0.2) is 9.59 Å². The first kappa shape index (κ1) is 19.1. The fraction of sp³-hybridized carbons (Fsp3) is 0.160. The lowest BCUT2D eigenvalue weighted by Crippen LogP contribution is -2.40. The van der Waals surface area contributed by atoms with Crippen LogP contribution in [-0.4, -0.2) is 16.8 Å². The van der Waals surface area contributed by atoms with E-state index in [9.17, 15) is 14.4 Å². The van der Waals surface area contributed by atoms with Crippen LogP contribution in [-0.2, 0) is 16.9 Å². The van der Waals surface area contributed by atoms with Crippen molar-refractivity contribution in [1.29, 1.82) is 0 Å². The molecule has 1 fully saturated rings. The summed E-state index contributed by atoms with van der Waals surface area (Å²) in [6.07, 6.45) is 0. The van der Waals surface area contributed by atoms with Crippen LogP contribution < -0.4 is 10.9 Å². The molecule has 0 bridgehead atoms. The number of amides is 3. The molecule has 4 aromatic rings. The van der Waals surface area contributed by atoms with Gasteiger partial charge in [0.2, 0.25) is 0 Å². The van der Waals surface area contributed by atoms with E-state index in [1.807, 2.05) is 61.5 Å². The van der Waals surface area contributed by atoms with E-state index >= 15 is 0 Å². The van der Waals surface area contributed by atoms with E-state index < -0.39 is 17.2 Å². The summed E-state index contributed by atoms with van der Waals surface area (Å²) >= 11 is 0. The Kier molecular flexibility index (Phi) is 4.18. The van der Waals surface area contributed by atoms with Crippen LogP contribution in [0.3, 0.4) is 0 Å². The molecule has 5 rings (SSSR count). The van der Waals surface area contributed by atoms with Crippen molar-refractivity contribution in [2.24, 2.45) is 0 Å². The van der Waals surface area contributed by atoms with Crippen molar-refractivity contribution >= 4 is 33.7 Å². The molecule has 0 saturated carbocycles. The van der Waals surface area contributed by atoms with E-state index in [0.717, 1.165) is 26.6 Å². The van der Waals surface area contributed by atoms with Crippen molar-refractivity contribution in [2.75, 3.05) is 0 Å². The second-order valence-electron chi connectivity index (χ2n) is 8.06. The predicted molar refractivity (Wildman–Crippen MR) is 118 cm³/mol. The fourth-order valence-electron chi connectivity index (χ4n) is 4.24. The highest BCUT2D eigenvalue weighted by molar-refractivity contribution is 6.09. The zero-order chi connectivity index (χ0) is 21.8. The molecule has 1 atom stereocenters. The molecule has 2 heterocycles. The number of nitrogens with zero attached hydrogens (tertiary/aromatic N) is 1. The normalized spacial score (nSPS) is 18.7. The van der Waals surface area contributed by atoms with E-state index in [1.165, 1.54) is 6.07 Å². The van der Waals surface area contributed by atoms with Gasteiger partial charge >= 0.3 is 11.7 Å². The molecule has 6 nitrogen and oxygen atoms in total. The van der Waals surface area contributed by atoms with Crippen LogP contribution in [0.4, 0.5) is 4.79 Å². The maximum atomic E-state index is 13.4. The van der Waals surface area contributed by atoms with Gasteiger partial charge in [0.05, 0.1) is 6.54 Å². The van der Waals surface area contributed by atoms with Gasteiger partial charge in [0.25, 0.3) is 5.91 Å². The lowest BCUT2D eigenvalue weighted by Gasteiger charge is -2.22. The maximum absolute atomic E-state index is 13.4. The molecule has 0 aliphatic carbocycles. The van der Waals surface area contributed by atoms with Crippen LogP contribution in [0.2, 0.25) is 0 Å². The molecule has 0 spiro atoms. The highest BCUT2D eigenvalue weighted by Gasteiger charge is 2.49. The summed E-state index contributed by atoms with van der Waals surface area (Å²) in [5, 5.41) is 5.42. The summed E-state index contributed by atoms with van der Waals surface area (Å²) in [7, 11) is 0. The van der Waals surface area contributed by atoms with Crippen molar-refractivity contribution in [3.63, 3.8) is 0 Å². The Hall–Kier alpha value is -3.93. The number of hydrogen-bond acceptors (Lipinski definition) is 4. The summed E-state index contributed by atoms with van der Waals surface area (Å²) in [6, 6.07) is 19.7. The van der Waals surface area contributed by atoms with Gasteiger partial charge in [-0.05, 0) is 41.8 Å². The van der Waals surface area contributed by atoms with E-state index in [-0.39, 0.29) is 12.5 Å². The lowest BCUT2D eigenvalue weighted by atomic mass is 9.91. The van der Waals surface area contributed by atoms with Crippen molar-refractivity contribution < 1.29 is 14.0 Å². The summed E-state index contributed by atoms with van der Waals surface area (Å²) in [6.45, 7) is 3.64. The number of benzene rings is 3. The average molecular weight is 412 g/mol. The highest BCUT2D eigenvalue weighted by Crippen LogP contribution is 2.32. The van der Waals surface area contributed by atoms with Gasteiger partial charge in [0, 0.05) is 11.5 Å². The smallest absolute Gasteiger partial charge is 0.336 e. The van der Waals surface area contributed by atoms with Gasteiger partial charge in [-0.15, -0.1) is 0 Å². The predicted octanol–water partition coefficient (Wildman–Crippen LogP) is 4.22. The van der Waals surface area contributed by atoms with E-state index in [2.05, 4.69) is 5.32 Å². The number of fused-ring (bicyclic) bond motifs is 3. The quantitative estimate of drug-likeness (QED) is 0.310. The van der Waals surface area contributed by atoms with Gasteiger partial charge in [0.1, 0.15) is 11.1 Å². The van der Waals surface area contributed by atoms with Crippen molar-refractivity contribution in [2.45, 2.75) is 25.9 Å². The van der Waals surface area contributed by atoms with E-state index in [4.69, 9.17) is 4.42 Å². The van der Waals surface area contributed by atoms with Crippen molar-refractivity contribution in [1.82, 2.24) is 10.2 Å². The van der Waals surface area contributed by atoms with Gasteiger partial charge in [-0.1, -0.05) is 60.2 Å². The summed E-state index contributed by atoms with van der Waals surface area (Å²) in [5.74, 6) is -0.358. The van der Waals surface area contributed by atoms with Gasteiger partial charge in [-0.2, -0.15) is 0 Å². The molecule has 1 aromatic heterocycles. The minimum atomic E-state index is -1.16. The molecule has 3 aromatic carbocycles. The van der Waals surface area contributed by atoms with Crippen LogP contribution in [0.25, 0.3) is 21.7 Å². The molecule has 1 saturated heterocycles. The summed E-state index contributed by atoms with van der Waals surface area (Å²) < 4.78 is 5.39. The van der Waals surface area contributed by atoms with Crippen LogP contribution in [0, 0.1) is 6.92 Å². The lowest BCUT2D eigenvalue weighted by molar-refractivity contribution is -0.131. The number of hydrogen-bond donors (Lipinski definition) is 1. The molecule has 6 heteroatoms. The minimum absolute atomic E-state index is 0.0256. The second-order valence-corrected chi connectivity index (χ2v) is 8.06. The topological polar surface area (TPSA) is 79.6 Å². The molecule has 154 valence electrons. The first-order chi connectivity index (χ1) is 14.9. The third-order valence-corrected chi connectivity index (χ3v) is 5.95. The first-order valence-corrected chi connectivity index (χ1v) is 10.0. The number of nitrogens with one attached hydrogen (secondary N) is 1.